The number of β-amino-alcohol motifs (C(OH)–C–C–N with tert-alkyl or cyclic N) is 1. The second-order valence-corrected chi connectivity index (χ2v) is 10.9. The Morgan fingerprint density at radius 1 is 1.06 bits per heavy atom. The molecule has 1 aliphatic carbocycles. The number of aliphatic hydroxyl groups is 1. The molecule has 3 heterocycles. The molecular weight excluding hydrogens is 454 g/mol. The highest BCUT2D eigenvalue weighted by molar-refractivity contribution is 5.94. The monoisotopic (exact) mass is 491 g/mol. The van der Waals surface area contributed by atoms with Gasteiger partial charge in [-0.2, -0.15) is 10.1 Å². The number of nitrogens with one attached hydrogen (secondary N) is 2. The maximum absolute atomic E-state index is 12.8. The van der Waals surface area contributed by atoms with Gasteiger partial charge in [0.05, 0.1) is 23.2 Å². The molecule has 2 aromatic heterocycles. The maximum Gasteiger partial charge on any atom is 0.251 e. The van der Waals surface area contributed by atoms with E-state index in [2.05, 4.69) is 30.3 Å². The maximum atomic E-state index is 12.8. The minimum atomic E-state index is -0.695. The van der Waals surface area contributed by atoms with Crippen LogP contribution in [0.4, 0.5) is 11.6 Å². The largest absolute Gasteiger partial charge is 0.389 e. The van der Waals surface area contributed by atoms with Crippen molar-refractivity contribution in [2.45, 2.75) is 76.5 Å². The van der Waals surface area contributed by atoms with Crippen LogP contribution in [-0.4, -0.2) is 66.9 Å². The van der Waals surface area contributed by atoms with E-state index in [-0.39, 0.29) is 11.9 Å². The molecule has 0 bridgehead atoms. The Hall–Kier alpha value is -3.04. The Morgan fingerprint density at radius 2 is 1.78 bits per heavy atom. The minimum absolute atomic E-state index is 0.0588. The number of piperidine rings is 1. The second kappa shape index (κ2) is 10.5. The number of rotatable bonds is 7. The third kappa shape index (κ3) is 6.02. The number of likely N-dealkylation sites (tertiary alicyclic amines) is 1. The first-order valence-corrected chi connectivity index (χ1v) is 13.2. The van der Waals surface area contributed by atoms with Crippen molar-refractivity contribution in [1.29, 1.82) is 0 Å². The van der Waals surface area contributed by atoms with Crippen LogP contribution in [0.2, 0.25) is 0 Å². The summed E-state index contributed by atoms with van der Waals surface area (Å²) in [5, 5.41) is 22.0. The topological polar surface area (TPSA) is 108 Å². The Balaban J connectivity index is 1.18. The van der Waals surface area contributed by atoms with Gasteiger partial charge in [-0.25, -0.2) is 9.67 Å². The molecular formula is C27H37N7O2. The summed E-state index contributed by atoms with van der Waals surface area (Å²) in [4.78, 5) is 24.2. The smallest absolute Gasteiger partial charge is 0.251 e. The number of hydrogen-bond acceptors (Lipinski definition) is 7. The zero-order valence-corrected chi connectivity index (χ0v) is 21.3. The highest BCUT2D eigenvalue weighted by Crippen LogP contribution is 2.30. The molecule has 5 rings (SSSR count). The number of hydrogen-bond donors (Lipinski definition) is 3. The second-order valence-electron chi connectivity index (χ2n) is 10.9. The first-order valence-electron chi connectivity index (χ1n) is 13.2. The minimum Gasteiger partial charge on any atom is -0.389 e. The van der Waals surface area contributed by atoms with Gasteiger partial charge in [-0.1, -0.05) is 19.3 Å². The van der Waals surface area contributed by atoms with Crippen molar-refractivity contribution in [1.82, 2.24) is 30.0 Å². The van der Waals surface area contributed by atoms with Crippen LogP contribution in [0.3, 0.4) is 0 Å². The molecule has 1 amide bonds. The number of carbonyl (C=O) groups excluding carboxylic acids is 1. The van der Waals surface area contributed by atoms with Crippen LogP contribution in [-0.2, 0) is 0 Å². The van der Waals surface area contributed by atoms with Crippen molar-refractivity contribution in [3.63, 3.8) is 0 Å². The predicted molar refractivity (Wildman–Crippen MR) is 140 cm³/mol. The fourth-order valence-electron chi connectivity index (χ4n) is 5.37. The van der Waals surface area contributed by atoms with Crippen molar-refractivity contribution >= 4 is 28.6 Å². The molecule has 3 N–H and O–H groups in total. The highest BCUT2D eigenvalue weighted by Gasteiger charge is 2.25. The summed E-state index contributed by atoms with van der Waals surface area (Å²) in [6, 6.07) is 7.98. The van der Waals surface area contributed by atoms with E-state index in [1.54, 1.807) is 0 Å². The Morgan fingerprint density at radius 3 is 2.47 bits per heavy atom. The fraction of sp³-hybridized carbons (Fsp3) is 0.556. The third-order valence-corrected chi connectivity index (χ3v) is 7.19. The lowest BCUT2D eigenvalue weighted by Gasteiger charge is -2.35. The zero-order valence-electron chi connectivity index (χ0n) is 21.3. The SMILES string of the molecule is CC(C)(O)CN1CCC(NC(=O)c2ccc(Nc3ncc4cnn(C5CCCCC5)c4n3)cc2)CC1. The molecule has 0 atom stereocenters. The average molecular weight is 492 g/mol. The fourth-order valence-corrected chi connectivity index (χ4v) is 5.37. The van der Waals surface area contributed by atoms with Gasteiger partial charge in [0.2, 0.25) is 5.95 Å². The van der Waals surface area contributed by atoms with E-state index in [0.717, 1.165) is 55.5 Å². The zero-order chi connectivity index (χ0) is 25.1. The molecule has 1 saturated heterocycles. The lowest BCUT2D eigenvalue weighted by atomic mass is 9.96. The van der Waals surface area contributed by atoms with Crippen molar-refractivity contribution < 1.29 is 9.90 Å². The summed E-state index contributed by atoms with van der Waals surface area (Å²) < 4.78 is 2.06. The summed E-state index contributed by atoms with van der Waals surface area (Å²) in [7, 11) is 0. The van der Waals surface area contributed by atoms with E-state index in [1.165, 1.54) is 19.3 Å². The number of anilines is 2. The van der Waals surface area contributed by atoms with E-state index < -0.39 is 5.60 Å². The molecule has 192 valence electrons. The van der Waals surface area contributed by atoms with Crippen LogP contribution in [0.25, 0.3) is 11.0 Å². The first kappa shape index (κ1) is 24.6. The molecule has 0 spiro atoms. The van der Waals surface area contributed by atoms with Crippen LogP contribution in [0.5, 0.6) is 0 Å². The standard InChI is InChI=1S/C27H37N7O2/c1-27(2,36)18-33-14-12-22(13-15-33)30-25(35)19-8-10-21(11-9-19)31-26-28-16-20-17-29-34(24(20)32-26)23-6-4-3-5-7-23/h8-11,16-17,22-23,36H,3-7,12-15,18H2,1-2H3,(H,30,35)(H,28,31,32). The molecule has 36 heavy (non-hydrogen) atoms. The number of benzene rings is 1. The van der Waals surface area contributed by atoms with Crippen molar-refractivity contribution in [2.24, 2.45) is 0 Å². The van der Waals surface area contributed by atoms with E-state index in [4.69, 9.17) is 4.98 Å². The molecule has 1 aromatic carbocycles. The van der Waals surface area contributed by atoms with Gasteiger partial charge in [-0.05, 0) is 63.8 Å². The average Bonchev–Trinajstić information content (AvgIpc) is 3.29. The Bertz CT molecular complexity index is 1170. The summed E-state index contributed by atoms with van der Waals surface area (Å²) in [6.07, 6.45) is 11.5. The van der Waals surface area contributed by atoms with Crippen LogP contribution < -0.4 is 10.6 Å². The van der Waals surface area contributed by atoms with Gasteiger partial charge in [-0.15, -0.1) is 0 Å². The summed E-state index contributed by atoms with van der Waals surface area (Å²) in [5.41, 5.74) is 1.63. The van der Waals surface area contributed by atoms with Gasteiger partial charge in [0.15, 0.2) is 5.65 Å². The van der Waals surface area contributed by atoms with Gasteiger partial charge in [0.25, 0.3) is 5.91 Å². The molecule has 1 aliphatic heterocycles. The van der Waals surface area contributed by atoms with Crippen LogP contribution in [0, 0.1) is 0 Å². The van der Waals surface area contributed by atoms with E-state index in [1.807, 2.05) is 50.5 Å². The first-order chi connectivity index (χ1) is 17.3. The van der Waals surface area contributed by atoms with Gasteiger partial charge in [0.1, 0.15) is 0 Å². The predicted octanol–water partition coefficient (Wildman–Crippen LogP) is 4.04. The van der Waals surface area contributed by atoms with Crippen molar-refractivity contribution in [3.8, 4) is 0 Å². The lowest BCUT2D eigenvalue weighted by Crippen LogP contribution is -2.48. The molecule has 0 radical (unpaired) electrons. The van der Waals surface area contributed by atoms with Crippen LogP contribution in [0.15, 0.2) is 36.7 Å². The van der Waals surface area contributed by atoms with Crippen LogP contribution in [0.1, 0.15) is 75.2 Å². The van der Waals surface area contributed by atoms with Crippen molar-refractivity contribution in [3.05, 3.63) is 42.2 Å². The Labute approximate surface area is 212 Å². The molecule has 2 aliphatic rings. The van der Waals surface area contributed by atoms with Gasteiger partial charge in [0, 0.05) is 43.1 Å². The number of aromatic nitrogens is 4. The van der Waals surface area contributed by atoms with Gasteiger partial charge in [-0.3, -0.25) is 4.79 Å². The number of fused-ring (bicyclic) bond motifs is 1. The van der Waals surface area contributed by atoms with Gasteiger partial charge < -0.3 is 20.6 Å². The molecule has 3 aromatic rings. The number of carbonyl (C=O) groups is 1. The third-order valence-electron chi connectivity index (χ3n) is 7.19. The highest BCUT2D eigenvalue weighted by atomic mass is 16.3. The molecule has 9 nitrogen and oxygen atoms in total. The van der Waals surface area contributed by atoms with E-state index in [0.29, 0.717) is 24.1 Å². The summed E-state index contributed by atoms with van der Waals surface area (Å²) in [6.45, 7) is 6.07. The Kier molecular flexibility index (Phi) is 7.20. The van der Waals surface area contributed by atoms with E-state index in [9.17, 15) is 9.90 Å². The number of amides is 1. The molecule has 0 unspecified atom stereocenters. The quantitative estimate of drug-likeness (QED) is 0.458. The van der Waals surface area contributed by atoms with Gasteiger partial charge >= 0.3 is 0 Å². The molecule has 2 fully saturated rings. The normalized spacial score (nSPS) is 18.4. The number of nitrogens with zero attached hydrogens (tertiary/aromatic N) is 5. The van der Waals surface area contributed by atoms with Crippen LogP contribution >= 0.6 is 0 Å². The summed E-state index contributed by atoms with van der Waals surface area (Å²) >= 11 is 0. The van der Waals surface area contributed by atoms with Crippen molar-refractivity contribution in [2.75, 3.05) is 25.0 Å². The molecule has 1 saturated carbocycles. The lowest BCUT2D eigenvalue weighted by molar-refractivity contribution is 0.0267. The van der Waals surface area contributed by atoms with E-state index >= 15 is 0 Å². The molecule has 9 heteroatoms. The summed E-state index contributed by atoms with van der Waals surface area (Å²) in [5.74, 6) is 0.464.